The highest BCUT2D eigenvalue weighted by atomic mass is 32.1. The van der Waals surface area contributed by atoms with Crippen LogP contribution in [0.25, 0.3) is 0 Å². The summed E-state index contributed by atoms with van der Waals surface area (Å²) in [5, 5.41) is 7.02. The van der Waals surface area contributed by atoms with Crippen LogP contribution in [0.1, 0.15) is 12.5 Å². The molecule has 2 aromatic rings. The fourth-order valence-electron chi connectivity index (χ4n) is 1.60. The molecule has 2 rings (SSSR count). The second-order valence-corrected chi connectivity index (χ2v) is 4.66. The van der Waals surface area contributed by atoms with Gasteiger partial charge in [0.15, 0.2) is 11.6 Å². The average molecular weight is 266 g/mol. The zero-order chi connectivity index (χ0) is 13.0. The van der Waals surface area contributed by atoms with Gasteiger partial charge in [0.25, 0.3) is 0 Å². The maximum Gasteiger partial charge on any atom is 0.224 e. The highest BCUT2D eigenvalue weighted by Gasteiger charge is 2.12. The lowest BCUT2D eigenvalue weighted by molar-refractivity contribution is 0.607. The molecule has 4 nitrogen and oxygen atoms in total. The summed E-state index contributed by atoms with van der Waals surface area (Å²) in [6.45, 7) is 3.28. The molecule has 18 heavy (non-hydrogen) atoms. The Labute approximate surface area is 110 Å². The van der Waals surface area contributed by atoms with Crippen LogP contribution in [0, 0.1) is 5.82 Å². The Hall–Kier alpha value is -1.69. The molecular formula is C12H15FN4S. The molecule has 0 aliphatic carbocycles. The van der Waals surface area contributed by atoms with E-state index in [9.17, 15) is 4.39 Å². The van der Waals surface area contributed by atoms with Gasteiger partial charge in [-0.3, -0.25) is 0 Å². The first kappa shape index (κ1) is 12.8. The molecule has 0 radical (unpaired) electrons. The van der Waals surface area contributed by atoms with Gasteiger partial charge in [-0.15, -0.1) is 0 Å². The fourth-order valence-corrected chi connectivity index (χ4v) is 2.26. The van der Waals surface area contributed by atoms with Gasteiger partial charge in [0, 0.05) is 20.1 Å². The van der Waals surface area contributed by atoms with Crippen molar-refractivity contribution in [3.05, 3.63) is 34.4 Å². The Kier molecular flexibility index (Phi) is 4.09. The second-order valence-electron chi connectivity index (χ2n) is 3.88. The van der Waals surface area contributed by atoms with Crippen LogP contribution >= 0.6 is 11.3 Å². The first-order valence-corrected chi connectivity index (χ1v) is 6.63. The van der Waals surface area contributed by atoms with Crippen molar-refractivity contribution in [2.24, 2.45) is 0 Å². The Morgan fingerprint density at radius 2 is 2.33 bits per heavy atom. The van der Waals surface area contributed by atoms with Crippen molar-refractivity contribution >= 4 is 23.1 Å². The van der Waals surface area contributed by atoms with E-state index in [2.05, 4.69) is 15.3 Å². The summed E-state index contributed by atoms with van der Waals surface area (Å²) in [4.78, 5) is 9.84. The molecule has 2 heterocycles. The molecule has 0 amide bonds. The second kappa shape index (κ2) is 5.77. The van der Waals surface area contributed by atoms with Gasteiger partial charge in [-0.05, 0) is 29.3 Å². The summed E-state index contributed by atoms with van der Waals surface area (Å²) in [5.74, 6) is 0.354. The normalized spacial score (nSPS) is 10.4. The van der Waals surface area contributed by atoms with Crippen LogP contribution in [0.2, 0.25) is 0 Å². The van der Waals surface area contributed by atoms with Gasteiger partial charge in [0.1, 0.15) is 0 Å². The predicted molar refractivity (Wildman–Crippen MR) is 72.6 cm³/mol. The van der Waals surface area contributed by atoms with Crippen molar-refractivity contribution < 1.29 is 4.39 Å². The fraction of sp³-hybridized carbons (Fsp3) is 0.333. The molecule has 0 aliphatic heterocycles. The van der Waals surface area contributed by atoms with E-state index < -0.39 is 5.82 Å². The van der Waals surface area contributed by atoms with Crippen LogP contribution in [0.15, 0.2) is 23.0 Å². The molecular weight excluding hydrogens is 251 g/mol. The third-order valence-corrected chi connectivity index (χ3v) is 3.15. The number of rotatable bonds is 5. The van der Waals surface area contributed by atoms with Gasteiger partial charge in [0.05, 0.1) is 6.20 Å². The molecule has 2 aromatic heterocycles. The minimum absolute atomic E-state index is 0.312. The quantitative estimate of drug-likeness (QED) is 0.903. The molecule has 6 heteroatoms. The molecule has 0 aliphatic rings. The number of halogens is 1. The molecule has 0 fully saturated rings. The molecule has 96 valence electrons. The minimum Gasteiger partial charge on any atom is -0.354 e. The van der Waals surface area contributed by atoms with E-state index in [1.54, 1.807) is 16.2 Å². The van der Waals surface area contributed by atoms with Crippen molar-refractivity contribution in [1.82, 2.24) is 9.97 Å². The molecule has 0 saturated heterocycles. The summed E-state index contributed by atoms with van der Waals surface area (Å²) < 4.78 is 13.7. The van der Waals surface area contributed by atoms with Crippen molar-refractivity contribution in [3.63, 3.8) is 0 Å². The Morgan fingerprint density at radius 3 is 3.00 bits per heavy atom. The smallest absolute Gasteiger partial charge is 0.224 e. The zero-order valence-corrected chi connectivity index (χ0v) is 11.2. The van der Waals surface area contributed by atoms with E-state index in [1.807, 2.05) is 30.8 Å². The number of anilines is 2. The number of hydrogen-bond acceptors (Lipinski definition) is 5. The van der Waals surface area contributed by atoms with E-state index in [1.165, 1.54) is 6.20 Å². The van der Waals surface area contributed by atoms with Crippen molar-refractivity contribution in [1.29, 1.82) is 0 Å². The number of nitrogens with zero attached hydrogens (tertiary/aromatic N) is 3. The first-order valence-electron chi connectivity index (χ1n) is 5.69. The largest absolute Gasteiger partial charge is 0.354 e. The molecule has 0 atom stereocenters. The van der Waals surface area contributed by atoms with Crippen LogP contribution in [-0.2, 0) is 6.54 Å². The molecule has 0 bridgehead atoms. The molecule has 1 N–H and O–H groups in total. The number of nitrogens with one attached hydrogen (secondary N) is 1. The lowest BCUT2D eigenvalue weighted by Gasteiger charge is -2.18. The van der Waals surface area contributed by atoms with Gasteiger partial charge in [-0.25, -0.2) is 9.37 Å². The van der Waals surface area contributed by atoms with Crippen LogP contribution in [0.3, 0.4) is 0 Å². The molecule has 0 aromatic carbocycles. The Bertz CT molecular complexity index is 501. The summed E-state index contributed by atoms with van der Waals surface area (Å²) in [6.07, 6.45) is 1.20. The van der Waals surface area contributed by atoms with Gasteiger partial charge in [-0.2, -0.15) is 16.3 Å². The molecule has 0 unspecified atom stereocenters. The summed E-state index contributed by atoms with van der Waals surface area (Å²) in [5.41, 5.74) is 1.14. The Balaban J connectivity index is 2.17. The highest BCUT2D eigenvalue weighted by Crippen LogP contribution is 2.19. The van der Waals surface area contributed by atoms with E-state index in [0.29, 0.717) is 24.9 Å². The van der Waals surface area contributed by atoms with Gasteiger partial charge in [0.2, 0.25) is 5.95 Å². The lowest BCUT2D eigenvalue weighted by atomic mass is 10.3. The standard InChI is InChI=1S/C12H15FN4S/c1-3-14-12-15-6-10(13)11(16-12)17(2)7-9-4-5-18-8-9/h4-6,8H,3,7H2,1-2H3,(H,14,15,16). The van der Waals surface area contributed by atoms with Crippen molar-refractivity contribution in [2.45, 2.75) is 13.5 Å². The zero-order valence-electron chi connectivity index (χ0n) is 10.4. The molecule has 0 spiro atoms. The summed E-state index contributed by atoms with van der Waals surface area (Å²) in [7, 11) is 1.82. The van der Waals surface area contributed by atoms with Crippen LogP contribution < -0.4 is 10.2 Å². The number of thiophene rings is 1. The monoisotopic (exact) mass is 266 g/mol. The Morgan fingerprint density at radius 1 is 1.50 bits per heavy atom. The van der Waals surface area contributed by atoms with Crippen LogP contribution in [0.4, 0.5) is 16.2 Å². The highest BCUT2D eigenvalue weighted by molar-refractivity contribution is 7.07. The third-order valence-electron chi connectivity index (χ3n) is 2.42. The number of aromatic nitrogens is 2. The van der Waals surface area contributed by atoms with Crippen LogP contribution in [-0.4, -0.2) is 23.6 Å². The van der Waals surface area contributed by atoms with Crippen molar-refractivity contribution in [2.75, 3.05) is 23.8 Å². The van der Waals surface area contributed by atoms with E-state index in [-0.39, 0.29) is 0 Å². The van der Waals surface area contributed by atoms with E-state index >= 15 is 0 Å². The summed E-state index contributed by atoms with van der Waals surface area (Å²) in [6, 6.07) is 2.02. The topological polar surface area (TPSA) is 41.1 Å². The average Bonchev–Trinajstić information content (AvgIpc) is 2.84. The number of hydrogen-bond donors (Lipinski definition) is 1. The first-order chi connectivity index (χ1) is 8.70. The van der Waals surface area contributed by atoms with Gasteiger partial charge in [-0.1, -0.05) is 0 Å². The van der Waals surface area contributed by atoms with E-state index in [0.717, 1.165) is 5.56 Å². The summed E-state index contributed by atoms with van der Waals surface area (Å²) >= 11 is 1.63. The van der Waals surface area contributed by atoms with Crippen LogP contribution in [0.5, 0.6) is 0 Å². The van der Waals surface area contributed by atoms with E-state index in [4.69, 9.17) is 0 Å². The third kappa shape index (κ3) is 2.95. The van der Waals surface area contributed by atoms with Crippen molar-refractivity contribution in [3.8, 4) is 0 Å². The minimum atomic E-state index is -0.408. The molecule has 0 saturated carbocycles. The van der Waals surface area contributed by atoms with Gasteiger partial charge < -0.3 is 10.2 Å². The lowest BCUT2D eigenvalue weighted by Crippen LogP contribution is -2.20. The predicted octanol–water partition coefficient (Wildman–Crippen LogP) is 2.75. The maximum absolute atomic E-state index is 13.7. The van der Waals surface area contributed by atoms with Gasteiger partial charge >= 0.3 is 0 Å². The SMILES string of the molecule is CCNc1ncc(F)c(N(C)Cc2ccsc2)n1. The maximum atomic E-state index is 13.7.